The standard InChI is InChI=1S/C4H6N2O2/c7-2-3-1-5-4(8)6-3/h1,7H,2H2,(H2,5,6,8). The fraction of sp³-hybridized carbons (Fsp3) is 0.250. The summed E-state index contributed by atoms with van der Waals surface area (Å²) in [7, 11) is 0. The van der Waals surface area contributed by atoms with Crippen LogP contribution in [0.5, 0.6) is 6.01 Å². The number of aromatic nitrogens is 2. The minimum absolute atomic E-state index is 0.118. The molecule has 0 spiro atoms. The molecule has 0 bridgehead atoms. The zero-order valence-corrected chi connectivity index (χ0v) is 4.13. The average Bonchev–Trinajstić information content (AvgIpc) is 2.14. The van der Waals surface area contributed by atoms with Crippen molar-refractivity contribution in [3.05, 3.63) is 11.9 Å². The number of aliphatic hydroxyl groups is 1. The van der Waals surface area contributed by atoms with Crippen LogP contribution in [0.3, 0.4) is 0 Å². The van der Waals surface area contributed by atoms with Gasteiger partial charge in [-0.3, -0.25) is 0 Å². The predicted molar refractivity (Wildman–Crippen MR) is 26.2 cm³/mol. The highest BCUT2D eigenvalue weighted by Crippen LogP contribution is 1.99. The van der Waals surface area contributed by atoms with Gasteiger partial charge in [0.15, 0.2) is 0 Å². The molecule has 1 heterocycles. The first-order valence-corrected chi connectivity index (χ1v) is 2.16. The van der Waals surface area contributed by atoms with E-state index in [2.05, 4.69) is 9.97 Å². The lowest BCUT2D eigenvalue weighted by Crippen LogP contribution is -1.78. The summed E-state index contributed by atoms with van der Waals surface area (Å²) in [5.74, 6) is 0. The quantitative estimate of drug-likeness (QED) is 0.465. The second kappa shape index (κ2) is 1.83. The number of nitrogens with one attached hydrogen (secondary N) is 1. The summed E-state index contributed by atoms with van der Waals surface area (Å²) in [6, 6.07) is -0.158. The molecule has 3 N–H and O–H groups in total. The number of aromatic amines is 1. The molecule has 0 radical (unpaired) electrons. The van der Waals surface area contributed by atoms with Crippen LogP contribution in [0.15, 0.2) is 6.20 Å². The number of imidazole rings is 1. The third-order valence-corrected chi connectivity index (χ3v) is 0.785. The summed E-state index contributed by atoms with van der Waals surface area (Å²) in [6.45, 7) is -0.118. The molecule has 0 aromatic carbocycles. The lowest BCUT2D eigenvalue weighted by atomic mass is 10.5. The Balaban J connectivity index is 2.84. The molecule has 0 fully saturated rings. The number of aliphatic hydroxyl groups excluding tert-OH is 1. The number of H-pyrrole nitrogens is 1. The van der Waals surface area contributed by atoms with Gasteiger partial charge in [0.1, 0.15) is 0 Å². The van der Waals surface area contributed by atoms with Crippen LogP contribution >= 0.6 is 0 Å². The minimum atomic E-state index is -0.158. The van der Waals surface area contributed by atoms with Crippen LogP contribution in [-0.4, -0.2) is 20.2 Å². The van der Waals surface area contributed by atoms with Crippen molar-refractivity contribution < 1.29 is 10.2 Å². The van der Waals surface area contributed by atoms with E-state index in [0.717, 1.165) is 0 Å². The van der Waals surface area contributed by atoms with Crippen LogP contribution in [-0.2, 0) is 6.61 Å². The fourth-order valence-electron chi connectivity index (χ4n) is 0.428. The first-order chi connectivity index (χ1) is 3.83. The maximum Gasteiger partial charge on any atom is 0.291 e. The van der Waals surface area contributed by atoms with Gasteiger partial charge >= 0.3 is 0 Å². The summed E-state index contributed by atoms with van der Waals surface area (Å²) < 4.78 is 0. The molecule has 4 nitrogen and oxygen atoms in total. The summed E-state index contributed by atoms with van der Waals surface area (Å²) in [4.78, 5) is 5.85. The molecular weight excluding hydrogens is 108 g/mol. The second-order valence-corrected chi connectivity index (χ2v) is 1.39. The third-order valence-electron chi connectivity index (χ3n) is 0.785. The first-order valence-electron chi connectivity index (χ1n) is 2.16. The Labute approximate surface area is 45.8 Å². The highest BCUT2D eigenvalue weighted by molar-refractivity contribution is 5.01. The molecule has 1 aromatic heterocycles. The van der Waals surface area contributed by atoms with E-state index in [0.29, 0.717) is 5.69 Å². The van der Waals surface area contributed by atoms with Crippen molar-refractivity contribution in [2.24, 2.45) is 0 Å². The molecule has 0 aliphatic carbocycles. The third kappa shape index (κ3) is 0.788. The highest BCUT2D eigenvalue weighted by atomic mass is 16.3. The molecule has 0 atom stereocenters. The Kier molecular flexibility index (Phi) is 1.17. The molecule has 0 aliphatic heterocycles. The van der Waals surface area contributed by atoms with E-state index in [1.807, 2.05) is 0 Å². The summed E-state index contributed by atoms with van der Waals surface area (Å²) in [5, 5.41) is 16.9. The van der Waals surface area contributed by atoms with Gasteiger partial charge in [0.05, 0.1) is 18.5 Å². The largest absolute Gasteiger partial charge is 0.480 e. The van der Waals surface area contributed by atoms with Gasteiger partial charge < -0.3 is 15.2 Å². The number of rotatable bonds is 1. The van der Waals surface area contributed by atoms with Crippen molar-refractivity contribution in [1.82, 2.24) is 9.97 Å². The molecule has 0 saturated heterocycles. The van der Waals surface area contributed by atoms with Gasteiger partial charge in [0, 0.05) is 0 Å². The maximum atomic E-state index is 8.51. The van der Waals surface area contributed by atoms with Gasteiger partial charge in [0.2, 0.25) is 0 Å². The summed E-state index contributed by atoms with van der Waals surface area (Å²) in [5.41, 5.74) is 0.516. The lowest BCUT2D eigenvalue weighted by Gasteiger charge is -1.81. The molecular formula is C4H6N2O2. The Hall–Kier alpha value is -1.03. The van der Waals surface area contributed by atoms with Gasteiger partial charge in [-0.05, 0) is 0 Å². The summed E-state index contributed by atoms with van der Waals surface area (Å²) in [6.07, 6.45) is 1.37. The van der Waals surface area contributed by atoms with Gasteiger partial charge in [-0.2, -0.15) is 0 Å². The van der Waals surface area contributed by atoms with Crippen molar-refractivity contribution in [2.45, 2.75) is 6.61 Å². The van der Waals surface area contributed by atoms with Crippen molar-refractivity contribution in [2.75, 3.05) is 0 Å². The Morgan fingerprint density at radius 2 is 2.50 bits per heavy atom. The molecule has 0 saturated carbocycles. The molecule has 4 heteroatoms. The van der Waals surface area contributed by atoms with Gasteiger partial charge in [0.25, 0.3) is 6.01 Å². The molecule has 8 heavy (non-hydrogen) atoms. The first kappa shape index (κ1) is 5.11. The monoisotopic (exact) mass is 114 g/mol. The van der Waals surface area contributed by atoms with Gasteiger partial charge in [-0.1, -0.05) is 0 Å². The number of aromatic hydroxyl groups is 1. The van der Waals surface area contributed by atoms with E-state index in [1.165, 1.54) is 6.20 Å². The van der Waals surface area contributed by atoms with Crippen LogP contribution in [0.25, 0.3) is 0 Å². The van der Waals surface area contributed by atoms with Gasteiger partial charge in [-0.25, -0.2) is 4.98 Å². The van der Waals surface area contributed by atoms with Crippen molar-refractivity contribution in [1.29, 1.82) is 0 Å². The van der Waals surface area contributed by atoms with Crippen molar-refractivity contribution in [3.8, 4) is 6.01 Å². The normalized spacial score (nSPS) is 9.62. The van der Waals surface area contributed by atoms with Crippen LogP contribution in [0, 0.1) is 0 Å². The number of hydrogen-bond donors (Lipinski definition) is 3. The van der Waals surface area contributed by atoms with Crippen LogP contribution in [0.1, 0.15) is 5.69 Å². The van der Waals surface area contributed by atoms with E-state index < -0.39 is 0 Å². The Morgan fingerprint density at radius 3 is 2.75 bits per heavy atom. The minimum Gasteiger partial charge on any atom is -0.480 e. The smallest absolute Gasteiger partial charge is 0.291 e. The molecule has 0 unspecified atom stereocenters. The lowest BCUT2D eigenvalue weighted by molar-refractivity contribution is 0.276. The maximum absolute atomic E-state index is 8.51. The van der Waals surface area contributed by atoms with Crippen LogP contribution < -0.4 is 0 Å². The Bertz CT molecular complexity index is 172. The highest BCUT2D eigenvalue weighted by Gasteiger charge is 1.92. The second-order valence-electron chi connectivity index (χ2n) is 1.39. The molecule has 44 valence electrons. The van der Waals surface area contributed by atoms with E-state index in [9.17, 15) is 0 Å². The summed E-state index contributed by atoms with van der Waals surface area (Å²) >= 11 is 0. The van der Waals surface area contributed by atoms with Gasteiger partial charge in [-0.15, -0.1) is 0 Å². The SMILES string of the molecule is OCc1cnc(O)[nH]1. The van der Waals surface area contributed by atoms with Crippen molar-refractivity contribution >= 4 is 0 Å². The Morgan fingerprint density at radius 1 is 1.75 bits per heavy atom. The van der Waals surface area contributed by atoms with E-state index in [1.54, 1.807) is 0 Å². The van der Waals surface area contributed by atoms with Crippen LogP contribution in [0.4, 0.5) is 0 Å². The molecule has 1 aromatic rings. The average molecular weight is 114 g/mol. The number of hydrogen-bond acceptors (Lipinski definition) is 3. The molecule has 0 aliphatic rings. The van der Waals surface area contributed by atoms with E-state index in [-0.39, 0.29) is 12.6 Å². The zero-order valence-electron chi connectivity index (χ0n) is 4.13. The topological polar surface area (TPSA) is 69.1 Å². The molecule has 0 amide bonds. The fourth-order valence-corrected chi connectivity index (χ4v) is 0.428. The molecule has 1 rings (SSSR count). The van der Waals surface area contributed by atoms with E-state index in [4.69, 9.17) is 10.2 Å². The zero-order chi connectivity index (χ0) is 5.98. The van der Waals surface area contributed by atoms with Crippen LogP contribution in [0.2, 0.25) is 0 Å². The predicted octanol–water partition coefficient (Wildman–Crippen LogP) is -0.392. The van der Waals surface area contributed by atoms with Crippen molar-refractivity contribution in [3.63, 3.8) is 0 Å². The van der Waals surface area contributed by atoms with E-state index >= 15 is 0 Å². The number of nitrogens with zero attached hydrogens (tertiary/aromatic N) is 1.